The molecule has 0 unspecified atom stereocenters. The van der Waals surface area contributed by atoms with Crippen molar-refractivity contribution in [3.63, 3.8) is 0 Å². The molecular formula is C27H24N2O3. The molecule has 3 aromatic rings. The van der Waals surface area contributed by atoms with Gasteiger partial charge in [0.25, 0.3) is 11.8 Å². The summed E-state index contributed by atoms with van der Waals surface area (Å²) in [5, 5.41) is 0. The number of para-hydroxylation sites is 2. The monoisotopic (exact) mass is 424 g/mol. The predicted octanol–water partition coefficient (Wildman–Crippen LogP) is 4.08. The van der Waals surface area contributed by atoms with Gasteiger partial charge in [-0.2, -0.15) is 0 Å². The molecule has 2 aliphatic heterocycles. The first-order valence-electron chi connectivity index (χ1n) is 10.8. The Morgan fingerprint density at radius 3 is 2.38 bits per heavy atom. The lowest BCUT2D eigenvalue weighted by Gasteiger charge is -2.22. The molecule has 2 amide bonds. The Bertz CT molecular complexity index is 1220. The van der Waals surface area contributed by atoms with E-state index < -0.39 is 0 Å². The summed E-state index contributed by atoms with van der Waals surface area (Å²) in [6.07, 6.45) is 1.45. The van der Waals surface area contributed by atoms with Crippen LogP contribution in [0.25, 0.3) is 5.57 Å². The van der Waals surface area contributed by atoms with Gasteiger partial charge in [0, 0.05) is 24.3 Å². The molecule has 0 aliphatic carbocycles. The van der Waals surface area contributed by atoms with Gasteiger partial charge in [0.15, 0.2) is 0 Å². The van der Waals surface area contributed by atoms with Crippen LogP contribution in [0.15, 0.2) is 84.6 Å². The Morgan fingerprint density at radius 1 is 0.844 bits per heavy atom. The number of benzene rings is 3. The van der Waals surface area contributed by atoms with Crippen molar-refractivity contribution in [1.82, 2.24) is 4.90 Å². The standard InChI is InChI=1S/C27H24N2O3/c1-32-23-14-8-6-12-21(23)24-25(28-18-16-20-11-5-7-13-22(20)28)27(31)29(26(24)30)17-15-19-9-3-2-4-10-19/h2-14H,15-18H2,1H3. The molecule has 2 heterocycles. The van der Waals surface area contributed by atoms with Crippen LogP contribution in [0.3, 0.4) is 0 Å². The second-order valence-corrected chi connectivity index (χ2v) is 7.95. The first-order valence-corrected chi connectivity index (χ1v) is 10.8. The van der Waals surface area contributed by atoms with E-state index in [1.807, 2.05) is 77.7 Å². The van der Waals surface area contributed by atoms with Crippen LogP contribution in [-0.4, -0.2) is 36.9 Å². The molecule has 0 radical (unpaired) electrons. The number of hydrogen-bond donors (Lipinski definition) is 0. The highest BCUT2D eigenvalue weighted by atomic mass is 16.5. The molecule has 0 fully saturated rings. The Kier molecular flexibility index (Phi) is 5.23. The lowest BCUT2D eigenvalue weighted by molar-refractivity contribution is -0.136. The van der Waals surface area contributed by atoms with Gasteiger partial charge in [-0.15, -0.1) is 0 Å². The molecule has 2 aliphatic rings. The first kappa shape index (κ1) is 20.1. The molecule has 0 bridgehead atoms. The summed E-state index contributed by atoms with van der Waals surface area (Å²) in [5.74, 6) is 0.0666. The molecule has 32 heavy (non-hydrogen) atoms. The smallest absolute Gasteiger partial charge is 0.278 e. The van der Waals surface area contributed by atoms with Gasteiger partial charge in [0.2, 0.25) is 0 Å². The SMILES string of the molecule is COc1ccccc1C1=C(N2CCc3ccccc32)C(=O)N(CCc2ccccc2)C1=O. The summed E-state index contributed by atoms with van der Waals surface area (Å²) in [4.78, 5) is 30.7. The third-order valence-electron chi connectivity index (χ3n) is 6.14. The van der Waals surface area contributed by atoms with E-state index in [1.165, 1.54) is 10.5 Å². The van der Waals surface area contributed by atoms with Crippen molar-refractivity contribution in [2.75, 3.05) is 25.1 Å². The summed E-state index contributed by atoms with van der Waals surface area (Å²) in [5.41, 5.74) is 4.76. The zero-order valence-corrected chi connectivity index (χ0v) is 18.0. The fourth-order valence-corrected chi connectivity index (χ4v) is 4.57. The number of methoxy groups -OCH3 is 1. The van der Waals surface area contributed by atoms with E-state index >= 15 is 0 Å². The number of fused-ring (bicyclic) bond motifs is 1. The third-order valence-corrected chi connectivity index (χ3v) is 6.14. The molecule has 0 atom stereocenters. The normalized spacial score (nSPS) is 15.5. The van der Waals surface area contributed by atoms with Crippen molar-refractivity contribution < 1.29 is 14.3 Å². The van der Waals surface area contributed by atoms with Crippen molar-refractivity contribution in [3.05, 3.63) is 101 Å². The zero-order valence-electron chi connectivity index (χ0n) is 18.0. The Hall–Kier alpha value is -3.86. The van der Waals surface area contributed by atoms with Gasteiger partial charge in [-0.25, -0.2) is 0 Å². The summed E-state index contributed by atoms with van der Waals surface area (Å²) in [6, 6.07) is 25.4. The van der Waals surface area contributed by atoms with E-state index in [0.717, 1.165) is 17.7 Å². The van der Waals surface area contributed by atoms with E-state index in [0.29, 0.717) is 42.1 Å². The maximum Gasteiger partial charge on any atom is 0.278 e. The van der Waals surface area contributed by atoms with Gasteiger partial charge in [-0.1, -0.05) is 66.7 Å². The highest BCUT2D eigenvalue weighted by molar-refractivity contribution is 6.37. The molecule has 3 aromatic carbocycles. The molecule has 5 heteroatoms. The number of amides is 2. The van der Waals surface area contributed by atoms with E-state index in [2.05, 4.69) is 6.07 Å². The summed E-state index contributed by atoms with van der Waals surface area (Å²) in [7, 11) is 1.58. The van der Waals surface area contributed by atoms with Gasteiger partial charge in [-0.05, 0) is 36.1 Å². The van der Waals surface area contributed by atoms with Crippen LogP contribution < -0.4 is 9.64 Å². The highest BCUT2D eigenvalue weighted by Gasteiger charge is 2.43. The maximum atomic E-state index is 13.7. The first-order chi connectivity index (χ1) is 15.7. The summed E-state index contributed by atoms with van der Waals surface area (Å²) < 4.78 is 5.55. The number of ether oxygens (including phenoxy) is 1. The Morgan fingerprint density at radius 2 is 1.56 bits per heavy atom. The van der Waals surface area contributed by atoms with E-state index in [1.54, 1.807) is 7.11 Å². The quantitative estimate of drug-likeness (QED) is 0.560. The number of carbonyl (C=O) groups excluding carboxylic acids is 2. The Balaban J connectivity index is 1.58. The van der Waals surface area contributed by atoms with Crippen LogP contribution in [0.5, 0.6) is 5.75 Å². The van der Waals surface area contributed by atoms with Crippen LogP contribution in [0, 0.1) is 0 Å². The lowest BCUT2D eigenvalue weighted by Crippen LogP contribution is -2.36. The summed E-state index contributed by atoms with van der Waals surface area (Å²) >= 11 is 0. The third kappa shape index (κ3) is 3.36. The minimum Gasteiger partial charge on any atom is -0.496 e. The fourth-order valence-electron chi connectivity index (χ4n) is 4.57. The molecular weight excluding hydrogens is 400 g/mol. The van der Waals surface area contributed by atoms with Gasteiger partial charge < -0.3 is 9.64 Å². The molecule has 0 aromatic heterocycles. The molecule has 0 saturated carbocycles. The lowest BCUT2D eigenvalue weighted by atomic mass is 10.0. The average molecular weight is 425 g/mol. The predicted molar refractivity (Wildman–Crippen MR) is 124 cm³/mol. The van der Waals surface area contributed by atoms with Crippen LogP contribution >= 0.6 is 0 Å². The van der Waals surface area contributed by atoms with Crippen LogP contribution in [-0.2, 0) is 22.4 Å². The Labute approximate surface area is 187 Å². The van der Waals surface area contributed by atoms with Gasteiger partial charge in [0.05, 0.1) is 12.7 Å². The number of carbonyl (C=O) groups is 2. The van der Waals surface area contributed by atoms with Gasteiger partial charge >= 0.3 is 0 Å². The highest BCUT2D eigenvalue weighted by Crippen LogP contribution is 2.40. The number of anilines is 1. The molecule has 0 spiro atoms. The topological polar surface area (TPSA) is 49.9 Å². The van der Waals surface area contributed by atoms with Gasteiger partial charge in [-0.3, -0.25) is 14.5 Å². The number of hydrogen-bond acceptors (Lipinski definition) is 4. The second-order valence-electron chi connectivity index (χ2n) is 7.95. The van der Waals surface area contributed by atoms with Crippen molar-refractivity contribution in [3.8, 4) is 5.75 Å². The van der Waals surface area contributed by atoms with Crippen LogP contribution in [0.4, 0.5) is 5.69 Å². The minimum atomic E-state index is -0.269. The molecule has 5 rings (SSSR count). The number of nitrogens with zero attached hydrogens (tertiary/aromatic N) is 2. The maximum absolute atomic E-state index is 13.7. The number of rotatable bonds is 6. The second kappa shape index (κ2) is 8.35. The zero-order chi connectivity index (χ0) is 22.1. The summed E-state index contributed by atoms with van der Waals surface area (Å²) in [6.45, 7) is 0.998. The van der Waals surface area contributed by atoms with Crippen molar-refractivity contribution in [2.45, 2.75) is 12.8 Å². The minimum absolute atomic E-state index is 0.247. The van der Waals surface area contributed by atoms with Crippen LogP contribution in [0.2, 0.25) is 0 Å². The molecule has 5 nitrogen and oxygen atoms in total. The van der Waals surface area contributed by atoms with Crippen molar-refractivity contribution in [1.29, 1.82) is 0 Å². The van der Waals surface area contributed by atoms with Crippen LogP contribution in [0.1, 0.15) is 16.7 Å². The largest absolute Gasteiger partial charge is 0.496 e. The van der Waals surface area contributed by atoms with E-state index in [4.69, 9.17) is 4.74 Å². The average Bonchev–Trinajstić information content (AvgIpc) is 3.36. The van der Waals surface area contributed by atoms with E-state index in [9.17, 15) is 9.59 Å². The molecule has 0 saturated heterocycles. The number of imide groups is 1. The fraction of sp³-hybridized carbons (Fsp3) is 0.185. The van der Waals surface area contributed by atoms with Gasteiger partial charge in [0.1, 0.15) is 11.4 Å². The molecule has 0 N–H and O–H groups in total. The van der Waals surface area contributed by atoms with Crippen molar-refractivity contribution in [2.24, 2.45) is 0 Å². The van der Waals surface area contributed by atoms with Crippen molar-refractivity contribution >= 4 is 23.1 Å². The molecule has 160 valence electrons. The van der Waals surface area contributed by atoms with E-state index in [-0.39, 0.29) is 11.8 Å².